The normalized spacial score (nSPS) is 14.8. The standard InChI is InChI=1S/C14H14N4OS/c19-14(16-13-17-15-10-20-13)18-8-6-12(7-9-18)11-4-2-1-3-5-11/h1-6,10H,7-9H2,(H,16,17,19). The molecule has 5 nitrogen and oxygen atoms in total. The number of anilines is 1. The number of benzene rings is 1. The Bertz CT molecular complexity index is 609. The monoisotopic (exact) mass is 286 g/mol. The predicted octanol–water partition coefficient (Wildman–Crippen LogP) is 2.86. The number of rotatable bonds is 2. The molecule has 0 spiro atoms. The van der Waals surface area contributed by atoms with Crippen molar-refractivity contribution in [1.82, 2.24) is 15.1 Å². The van der Waals surface area contributed by atoms with Gasteiger partial charge in [0.2, 0.25) is 5.13 Å². The number of urea groups is 1. The summed E-state index contributed by atoms with van der Waals surface area (Å²) in [6.45, 7) is 1.33. The zero-order valence-corrected chi connectivity index (χ0v) is 11.6. The largest absolute Gasteiger partial charge is 0.323 e. The van der Waals surface area contributed by atoms with E-state index in [9.17, 15) is 4.79 Å². The zero-order chi connectivity index (χ0) is 13.8. The Morgan fingerprint density at radius 3 is 2.80 bits per heavy atom. The number of hydrogen-bond donors (Lipinski definition) is 1. The Hall–Kier alpha value is -2.21. The molecule has 0 bridgehead atoms. The van der Waals surface area contributed by atoms with E-state index in [0.29, 0.717) is 18.2 Å². The lowest BCUT2D eigenvalue weighted by Gasteiger charge is -2.26. The van der Waals surface area contributed by atoms with Crippen molar-refractivity contribution in [2.45, 2.75) is 6.42 Å². The molecule has 1 N–H and O–H groups in total. The first-order chi connectivity index (χ1) is 9.83. The van der Waals surface area contributed by atoms with Crippen LogP contribution in [-0.2, 0) is 0 Å². The molecule has 0 unspecified atom stereocenters. The van der Waals surface area contributed by atoms with Gasteiger partial charge in [-0.15, -0.1) is 10.2 Å². The summed E-state index contributed by atoms with van der Waals surface area (Å²) in [6.07, 6.45) is 2.98. The molecule has 2 amide bonds. The maximum atomic E-state index is 12.0. The number of carbonyl (C=O) groups excluding carboxylic acids is 1. The van der Waals surface area contributed by atoms with E-state index in [1.807, 2.05) is 18.2 Å². The Balaban J connectivity index is 1.63. The molecule has 1 aromatic carbocycles. The first kappa shape index (κ1) is 12.8. The Morgan fingerprint density at radius 1 is 1.30 bits per heavy atom. The van der Waals surface area contributed by atoms with E-state index >= 15 is 0 Å². The molecule has 0 atom stereocenters. The molecule has 0 saturated carbocycles. The smallest absolute Gasteiger partial charge is 0.320 e. The average Bonchev–Trinajstić information content (AvgIpc) is 3.01. The van der Waals surface area contributed by atoms with Gasteiger partial charge in [0.1, 0.15) is 5.51 Å². The second-order valence-corrected chi connectivity index (χ2v) is 5.30. The lowest BCUT2D eigenvalue weighted by Crippen LogP contribution is -2.37. The number of nitrogens with one attached hydrogen (secondary N) is 1. The fourth-order valence-corrected chi connectivity index (χ4v) is 2.60. The number of carbonyl (C=O) groups is 1. The number of aromatic nitrogens is 2. The minimum atomic E-state index is -0.120. The van der Waals surface area contributed by atoms with Crippen LogP contribution in [0.2, 0.25) is 0 Å². The summed E-state index contributed by atoms with van der Waals surface area (Å²) in [5.41, 5.74) is 4.13. The summed E-state index contributed by atoms with van der Waals surface area (Å²) < 4.78 is 0. The van der Waals surface area contributed by atoms with Crippen LogP contribution in [0.5, 0.6) is 0 Å². The van der Waals surface area contributed by atoms with Gasteiger partial charge in [-0.1, -0.05) is 47.7 Å². The van der Waals surface area contributed by atoms with E-state index < -0.39 is 0 Å². The highest BCUT2D eigenvalue weighted by Gasteiger charge is 2.18. The van der Waals surface area contributed by atoms with Crippen LogP contribution in [0.25, 0.3) is 5.57 Å². The molecule has 20 heavy (non-hydrogen) atoms. The van der Waals surface area contributed by atoms with E-state index in [1.54, 1.807) is 10.4 Å². The van der Waals surface area contributed by atoms with Crippen LogP contribution in [0.15, 0.2) is 41.9 Å². The molecule has 1 aromatic heterocycles. The molecule has 3 rings (SSSR count). The van der Waals surface area contributed by atoms with E-state index in [1.165, 1.54) is 22.5 Å². The van der Waals surface area contributed by atoms with Crippen molar-refractivity contribution >= 4 is 28.1 Å². The highest BCUT2D eigenvalue weighted by Crippen LogP contribution is 2.22. The Labute approximate surface area is 121 Å². The van der Waals surface area contributed by atoms with Crippen molar-refractivity contribution in [2.75, 3.05) is 18.4 Å². The molecule has 0 aliphatic carbocycles. The van der Waals surface area contributed by atoms with E-state index in [-0.39, 0.29) is 6.03 Å². The maximum absolute atomic E-state index is 12.0. The molecule has 1 aliphatic rings. The van der Waals surface area contributed by atoms with Crippen molar-refractivity contribution in [3.8, 4) is 0 Å². The topological polar surface area (TPSA) is 58.1 Å². The van der Waals surface area contributed by atoms with Gasteiger partial charge < -0.3 is 4.90 Å². The van der Waals surface area contributed by atoms with Crippen molar-refractivity contribution in [1.29, 1.82) is 0 Å². The van der Waals surface area contributed by atoms with Gasteiger partial charge in [0.25, 0.3) is 0 Å². The maximum Gasteiger partial charge on any atom is 0.323 e. The zero-order valence-electron chi connectivity index (χ0n) is 10.8. The minimum absolute atomic E-state index is 0.120. The lowest BCUT2D eigenvalue weighted by molar-refractivity contribution is 0.217. The third kappa shape index (κ3) is 2.85. The fraction of sp³-hybridized carbons (Fsp3) is 0.214. The van der Waals surface area contributed by atoms with Crippen LogP contribution in [0.3, 0.4) is 0 Å². The molecular formula is C14H14N4OS. The lowest BCUT2D eigenvalue weighted by atomic mass is 10.00. The molecule has 102 valence electrons. The van der Waals surface area contributed by atoms with Gasteiger partial charge in [-0.2, -0.15) is 0 Å². The number of nitrogens with zero attached hydrogens (tertiary/aromatic N) is 3. The Morgan fingerprint density at radius 2 is 2.15 bits per heavy atom. The van der Waals surface area contributed by atoms with E-state index in [4.69, 9.17) is 0 Å². The highest BCUT2D eigenvalue weighted by atomic mass is 32.1. The van der Waals surface area contributed by atoms with Crippen molar-refractivity contribution in [3.05, 3.63) is 47.5 Å². The summed E-state index contributed by atoms with van der Waals surface area (Å²) in [5.74, 6) is 0. The van der Waals surface area contributed by atoms with E-state index in [2.05, 4.69) is 33.7 Å². The number of amides is 2. The molecule has 0 radical (unpaired) electrons. The predicted molar refractivity (Wildman–Crippen MR) is 79.5 cm³/mol. The molecule has 1 aliphatic heterocycles. The van der Waals surface area contributed by atoms with Gasteiger partial charge in [0, 0.05) is 13.1 Å². The van der Waals surface area contributed by atoms with Crippen LogP contribution in [0, 0.1) is 0 Å². The van der Waals surface area contributed by atoms with Gasteiger partial charge in [0.05, 0.1) is 0 Å². The quantitative estimate of drug-likeness (QED) is 0.923. The second kappa shape index (κ2) is 5.83. The van der Waals surface area contributed by atoms with Crippen LogP contribution in [-0.4, -0.2) is 34.2 Å². The summed E-state index contributed by atoms with van der Waals surface area (Å²) >= 11 is 1.32. The van der Waals surface area contributed by atoms with Gasteiger partial charge in [0.15, 0.2) is 0 Å². The summed E-state index contributed by atoms with van der Waals surface area (Å²) in [4.78, 5) is 13.8. The molecule has 6 heteroatoms. The summed E-state index contributed by atoms with van der Waals surface area (Å²) in [6, 6.07) is 10.2. The number of hydrogen-bond acceptors (Lipinski definition) is 4. The van der Waals surface area contributed by atoms with E-state index in [0.717, 1.165) is 6.42 Å². The minimum Gasteiger partial charge on any atom is -0.320 e. The average molecular weight is 286 g/mol. The molecule has 2 heterocycles. The highest BCUT2D eigenvalue weighted by molar-refractivity contribution is 7.13. The van der Waals surface area contributed by atoms with Crippen molar-refractivity contribution in [3.63, 3.8) is 0 Å². The SMILES string of the molecule is O=C(Nc1nncs1)N1CC=C(c2ccccc2)CC1. The fourth-order valence-electron chi connectivity index (χ4n) is 2.17. The third-order valence-corrected chi connectivity index (χ3v) is 3.82. The summed E-state index contributed by atoms with van der Waals surface area (Å²) in [5, 5.41) is 10.8. The molecule has 0 saturated heterocycles. The first-order valence-corrected chi connectivity index (χ1v) is 7.27. The van der Waals surface area contributed by atoms with Crippen molar-refractivity contribution < 1.29 is 4.79 Å². The summed E-state index contributed by atoms with van der Waals surface area (Å²) in [7, 11) is 0. The van der Waals surface area contributed by atoms with Crippen LogP contribution in [0.1, 0.15) is 12.0 Å². The second-order valence-electron chi connectivity index (χ2n) is 4.47. The van der Waals surface area contributed by atoms with Crippen LogP contribution >= 0.6 is 11.3 Å². The van der Waals surface area contributed by atoms with Gasteiger partial charge in [-0.3, -0.25) is 5.32 Å². The van der Waals surface area contributed by atoms with Gasteiger partial charge in [-0.05, 0) is 17.6 Å². The molecular weight excluding hydrogens is 272 g/mol. The van der Waals surface area contributed by atoms with Crippen molar-refractivity contribution in [2.24, 2.45) is 0 Å². The third-order valence-electron chi connectivity index (χ3n) is 3.21. The molecule has 2 aromatic rings. The Kier molecular flexibility index (Phi) is 3.73. The van der Waals surface area contributed by atoms with Gasteiger partial charge >= 0.3 is 6.03 Å². The first-order valence-electron chi connectivity index (χ1n) is 6.39. The van der Waals surface area contributed by atoms with Gasteiger partial charge in [-0.25, -0.2) is 4.79 Å². The van der Waals surface area contributed by atoms with Crippen LogP contribution in [0.4, 0.5) is 9.93 Å². The molecule has 0 fully saturated rings. The van der Waals surface area contributed by atoms with Crippen LogP contribution < -0.4 is 5.32 Å².